The summed E-state index contributed by atoms with van der Waals surface area (Å²) in [6.07, 6.45) is 1.83. The summed E-state index contributed by atoms with van der Waals surface area (Å²) in [4.78, 5) is 1.93. The van der Waals surface area contributed by atoms with E-state index >= 15 is 0 Å². The normalized spacial score (nSPS) is 16.9. The van der Waals surface area contributed by atoms with Gasteiger partial charge < -0.3 is 4.74 Å². The van der Waals surface area contributed by atoms with Gasteiger partial charge in [0.2, 0.25) is 10.0 Å². The Morgan fingerprint density at radius 1 is 1.23 bits per heavy atom. The van der Waals surface area contributed by atoms with Gasteiger partial charge in [0, 0.05) is 32.7 Å². The number of benzene rings is 1. The lowest BCUT2D eigenvalue weighted by Crippen LogP contribution is -2.48. The Hall–Kier alpha value is -2.04. The minimum Gasteiger partial charge on any atom is -0.497 e. The number of aromatic nitrogens is 2. The van der Waals surface area contributed by atoms with E-state index in [1.54, 1.807) is 7.11 Å². The third kappa shape index (κ3) is 4.02. The summed E-state index contributed by atoms with van der Waals surface area (Å²) in [7, 11) is -2.20. The number of hydrogen-bond acceptors (Lipinski definition) is 5. The van der Waals surface area contributed by atoms with Gasteiger partial charge in [-0.25, -0.2) is 13.1 Å². The first-order valence-corrected chi connectivity index (χ1v) is 9.52. The van der Waals surface area contributed by atoms with Crippen molar-refractivity contribution in [3.8, 4) is 5.75 Å². The van der Waals surface area contributed by atoms with Crippen molar-refractivity contribution in [3.05, 3.63) is 42.2 Å². The van der Waals surface area contributed by atoms with Gasteiger partial charge >= 0.3 is 6.55 Å². The van der Waals surface area contributed by atoms with Crippen LogP contribution in [0.4, 0.5) is 8.78 Å². The van der Waals surface area contributed by atoms with Crippen molar-refractivity contribution in [3.63, 3.8) is 0 Å². The van der Waals surface area contributed by atoms with E-state index in [-0.39, 0.29) is 4.90 Å². The van der Waals surface area contributed by atoms with E-state index in [9.17, 15) is 17.2 Å². The fourth-order valence-electron chi connectivity index (χ4n) is 2.87. The van der Waals surface area contributed by atoms with Gasteiger partial charge in [-0.1, -0.05) is 12.1 Å². The van der Waals surface area contributed by atoms with Gasteiger partial charge in [-0.05, 0) is 17.7 Å². The number of piperazine rings is 1. The Kier molecular flexibility index (Phi) is 5.54. The van der Waals surface area contributed by atoms with Gasteiger partial charge in [-0.2, -0.15) is 18.2 Å². The summed E-state index contributed by atoms with van der Waals surface area (Å²) in [6.45, 7) is -0.468. The lowest BCUT2D eigenvalue weighted by molar-refractivity contribution is 0.0563. The Labute approximate surface area is 150 Å². The zero-order valence-corrected chi connectivity index (χ0v) is 15.1. The zero-order valence-electron chi connectivity index (χ0n) is 14.3. The summed E-state index contributed by atoms with van der Waals surface area (Å²) in [5.41, 5.74) is 1.08. The maximum atomic E-state index is 12.6. The van der Waals surface area contributed by atoms with Crippen LogP contribution in [0.3, 0.4) is 0 Å². The smallest absolute Gasteiger partial charge is 0.333 e. The molecule has 1 aliphatic rings. The van der Waals surface area contributed by atoms with Crippen LogP contribution in [-0.4, -0.2) is 60.7 Å². The maximum absolute atomic E-state index is 12.6. The van der Waals surface area contributed by atoms with Crippen molar-refractivity contribution < 1.29 is 21.9 Å². The zero-order chi connectivity index (χ0) is 18.7. The van der Waals surface area contributed by atoms with Crippen LogP contribution in [0.5, 0.6) is 5.75 Å². The van der Waals surface area contributed by atoms with Gasteiger partial charge in [0.05, 0.1) is 19.5 Å². The van der Waals surface area contributed by atoms with Crippen molar-refractivity contribution in [2.24, 2.45) is 0 Å². The monoisotopic (exact) mass is 386 g/mol. The summed E-state index contributed by atoms with van der Waals surface area (Å²) >= 11 is 0. The highest BCUT2D eigenvalue weighted by atomic mass is 32.2. The number of alkyl halides is 2. The number of rotatable bonds is 6. The lowest BCUT2D eigenvalue weighted by atomic mass is 10.2. The Morgan fingerprint density at radius 3 is 2.58 bits per heavy atom. The second-order valence-electron chi connectivity index (χ2n) is 5.97. The summed E-state index contributed by atoms with van der Waals surface area (Å²) < 4.78 is 57.2. The van der Waals surface area contributed by atoms with Gasteiger partial charge in [-0.15, -0.1) is 0 Å². The molecule has 26 heavy (non-hydrogen) atoms. The molecule has 1 aliphatic heterocycles. The molecule has 0 bridgehead atoms. The molecule has 3 rings (SSSR count). The van der Waals surface area contributed by atoms with Crippen LogP contribution in [0.15, 0.2) is 41.6 Å². The molecule has 1 aromatic carbocycles. The van der Waals surface area contributed by atoms with E-state index in [2.05, 4.69) is 10.00 Å². The minimum absolute atomic E-state index is 0.209. The number of sulfonamides is 1. The topological polar surface area (TPSA) is 67.7 Å². The van der Waals surface area contributed by atoms with Gasteiger partial charge in [0.15, 0.2) is 0 Å². The molecule has 0 saturated carbocycles. The summed E-state index contributed by atoms with van der Waals surface area (Å²) in [5.74, 6) is 0.778. The van der Waals surface area contributed by atoms with E-state index < -0.39 is 16.6 Å². The molecule has 7 nitrogen and oxygen atoms in total. The number of ether oxygens (including phenoxy) is 1. The molecule has 2 aromatic rings. The van der Waals surface area contributed by atoms with E-state index in [0.717, 1.165) is 23.7 Å². The highest BCUT2D eigenvalue weighted by Gasteiger charge is 2.30. The fourth-order valence-corrected chi connectivity index (χ4v) is 4.23. The Balaban J connectivity index is 1.62. The molecule has 0 amide bonds. The number of methoxy groups -OCH3 is 1. The third-order valence-corrected chi connectivity index (χ3v) is 6.14. The van der Waals surface area contributed by atoms with Gasteiger partial charge in [-0.3, -0.25) is 4.90 Å². The van der Waals surface area contributed by atoms with Crippen LogP contribution in [-0.2, 0) is 16.6 Å². The SMILES string of the molecule is COc1cccc(CN2CCN(S(=O)(=O)c3cnn(C(F)F)c3)CC2)c1. The summed E-state index contributed by atoms with van der Waals surface area (Å²) in [5, 5.41) is 3.40. The molecule has 0 radical (unpaired) electrons. The van der Waals surface area contributed by atoms with Crippen LogP contribution in [0, 0.1) is 0 Å². The van der Waals surface area contributed by atoms with E-state index in [1.807, 2.05) is 24.3 Å². The molecule has 1 aromatic heterocycles. The van der Waals surface area contributed by atoms with Crippen molar-refractivity contribution >= 4 is 10.0 Å². The average molecular weight is 386 g/mol. The molecule has 0 N–H and O–H groups in total. The molecule has 0 atom stereocenters. The first-order valence-electron chi connectivity index (χ1n) is 8.08. The van der Waals surface area contributed by atoms with Gasteiger partial charge in [0.1, 0.15) is 10.6 Å². The molecule has 10 heteroatoms. The number of nitrogens with zero attached hydrogens (tertiary/aromatic N) is 4. The second-order valence-corrected chi connectivity index (χ2v) is 7.90. The predicted molar refractivity (Wildman–Crippen MR) is 90.5 cm³/mol. The standard InChI is InChI=1S/C16H20F2N4O3S/c1-25-14-4-2-3-13(9-14)11-20-5-7-21(8-6-20)26(23,24)15-10-19-22(12-15)16(17)18/h2-4,9-10,12,16H,5-8,11H2,1H3. The van der Waals surface area contributed by atoms with Crippen LogP contribution in [0.2, 0.25) is 0 Å². The van der Waals surface area contributed by atoms with E-state index in [4.69, 9.17) is 4.74 Å². The average Bonchev–Trinajstić information content (AvgIpc) is 3.14. The van der Waals surface area contributed by atoms with Crippen LogP contribution in [0.1, 0.15) is 12.1 Å². The van der Waals surface area contributed by atoms with Crippen molar-refractivity contribution in [2.75, 3.05) is 33.3 Å². The molecular formula is C16H20F2N4O3S. The van der Waals surface area contributed by atoms with Crippen LogP contribution >= 0.6 is 0 Å². The minimum atomic E-state index is -3.81. The first kappa shape index (κ1) is 18.7. The van der Waals surface area contributed by atoms with Crippen LogP contribution in [0.25, 0.3) is 0 Å². The van der Waals surface area contributed by atoms with Gasteiger partial charge in [0.25, 0.3) is 0 Å². The Bertz CT molecular complexity index is 849. The number of halogens is 2. The lowest BCUT2D eigenvalue weighted by Gasteiger charge is -2.33. The Morgan fingerprint density at radius 2 is 1.96 bits per heavy atom. The van der Waals surface area contributed by atoms with Crippen LogP contribution < -0.4 is 4.74 Å². The largest absolute Gasteiger partial charge is 0.497 e. The van der Waals surface area contributed by atoms with Crippen molar-refractivity contribution in [1.82, 2.24) is 19.0 Å². The highest BCUT2D eigenvalue weighted by molar-refractivity contribution is 7.89. The molecule has 142 valence electrons. The fraction of sp³-hybridized carbons (Fsp3) is 0.438. The second kappa shape index (κ2) is 7.68. The third-order valence-electron chi connectivity index (χ3n) is 4.29. The number of hydrogen-bond donors (Lipinski definition) is 0. The van der Waals surface area contributed by atoms with Crippen molar-refractivity contribution in [2.45, 2.75) is 18.0 Å². The molecule has 0 spiro atoms. The molecule has 0 unspecified atom stereocenters. The van der Waals surface area contributed by atoms with E-state index in [1.165, 1.54) is 4.31 Å². The molecule has 0 aliphatic carbocycles. The predicted octanol–water partition coefficient (Wildman–Crippen LogP) is 1.79. The first-order chi connectivity index (χ1) is 12.4. The molecule has 2 heterocycles. The molecule has 1 fully saturated rings. The van der Waals surface area contributed by atoms with Crippen molar-refractivity contribution in [1.29, 1.82) is 0 Å². The summed E-state index contributed by atoms with van der Waals surface area (Å²) in [6, 6.07) is 7.72. The maximum Gasteiger partial charge on any atom is 0.333 e. The quantitative estimate of drug-likeness (QED) is 0.757. The molecular weight excluding hydrogens is 366 g/mol. The molecule has 1 saturated heterocycles. The highest BCUT2D eigenvalue weighted by Crippen LogP contribution is 2.20. The van der Waals surface area contributed by atoms with E-state index in [0.29, 0.717) is 37.4 Å².